The van der Waals surface area contributed by atoms with Crippen molar-refractivity contribution >= 4 is 5.97 Å². The highest BCUT2D eigenvalue weighted by atomic mass is 17.2. The van der Waals surface area contributed by atoms with Gasteiger partial charge in [-0.1, -0.05) is 26.8 Å². The van der Waals surface area contributed by atoms with Crippen molar-refractivity contribution in [3.63, 3.8) is 0 Å². The normalized spacial score (nSPS) is 16.7. The van der Waals surface area contributed by atoms with Crippen molar-refractivity contribution in [1.29, 1.82) is 0 Å². The summed E-state index contributed by atoms with van der Waals surface area (Å²) >= 11 is 0. The van der Waals surface area contributed by atoms with Crippen LogP contribution in [0.15, 0.2) is 18.2 Å². The minimum absolute atomic E-state index is 0.228. The van der Waals surface area contributed by atoms with Gasteiger partial charge in [-0.05, 0) is 49.1 Å². The first kappa shape index (κ1) is 18.6. The first-order valence-corrected chi connectivity index (χ1v) is 8.31. The van der Waals surface area contributed by atoms with Crippen LogP contribution in [-0.4, -0.2) is 20.2 Å². The molecule has 5 nitrogen and oxygen atoms in total. The molecule has 0 aliphatic heterocycles. The lowest BCUT2D eigenvalue weighted by Crippen LogP contribution is -2.26. The Hall–Kier alpha value is -1.75. The minimum Gasteiger partial charge on any atom is -0.496 e. The smallest absolute Gasteiger partial charge is 0.380 e. The second kappa shape index (κ2) is 7.88. The second-order valence-electron chi connectivity index (χ2n) is 7.17. The van der Waals surface area contributed by atoms with Gasteiger partial charge < -0.3 is 9.47 Å². The Kier molecular flexibility index (Phi) is 6.10. The summed E-state index contributed by atoms with van der Waals surface area (Å²) in [6, 6.07) is 5.11. The molecule has 0 unspecified atom stereocenters. The molecule has 0 N–H and O–H groups in total. The van der Waals surface area contributed by atoms with Crippen molar-refractivity contribution in [2.75, 3.05) is 14.2 Å². The predicted octanol–water partition coefficient (Wildman–Crippen LogP) is 4.56. The van der Waals surface area contributed by atoms with Gasteiger partial charge in [-0.3, -0.25) is 4.89 Å². The van der Waals surface area contributed by atoms with Crippen molar-refractivity contribution in [2.45, 2.75) is 46.5 Å². The zero-order chi connectivity index (χ0) is 17.7. The first-order valence-electron chi connectivity index (χ1n) is 8.31. The molecule has 1 aliphatic rings. The average Bonchev–Trinajstić information content (AvgIpc) is 2.58. The van der Waals surface area contributed by atoms with Gasteiger partial charge in [0.05, 0.1) is 14.2 Å². The molecule has 0 spiro atoms. The van der Waals surface area contributed by atoms with Crippen molar-refractivity contribution < 1.29 is 24.0 Å². The molecule has 0 amide bonds. The number of carbonyl (C=O) groups excluding carboxylic acids is 1. The summed E-state index contributed by atoms with van der Waals surface area (Å²) in [4.78, 5) is 22.7. The molecule has 0 heterocycles. The van der Waals surface area contributed by atoms with Gasteiger partial charge in [0.1, 0.15) is 23.2 Å². The standard InChI is InChI=1S/C19H27O5/c1-19(2,3)13-9-11-14(12-10-13)23-24-18(20)17-15(21-4)7-6-8-16(17)22-5/h6-8,13H,9-12H2,1-5H3. The van der Waals surface area contributed by atoms with E-state index in [9.17, 15) is 4.79 Å². The van der Waals surface area contributed by atoms with Gasteiger partial charge in [-0.2, -0.15) is 4.89 Å². The fourth-order valence-corrected chi connectivity index (χ4v) is 3.08. The first-order chi connectivity index (χ1) is 11.4. The van der Waals surface area contributed by atoms with Gasteiger partial charge in [-0.25, -0.2) is 4.79 Å². The van der Waals surface area contributed by atoms with Crippen LogP contribution in [0.3, 0.4) is 0 Å². The van der Waals surface area contributed by atoms with E-state index in [1.165, 1.54) is 14.2 Å². The van der Waals surface area contributed by atoms with E-state index in [2.05, 4.69) is 20.8 Å². The van der Waals surface area contributed by atoms with Crippen LogP contribution in [-0.2, 0) is 9.78 Å². The molecule has 0 atom stereocenters. The molecule has 0 aromatic heterocycles. The molecule has 5 heteroatoms. The highest BCUT2D eigenvalue weighted by Crippen LogP contribution is 2.41. The largest absolute Gasteiger partial charge is 0.496 e. The Bertz CT molecular complexity index is 531. The summed E-state index contributed by atoms with van der Waals surface area (Å²) in [5.41, 5.74) is 0.527. The van der Waals surface area contributed by atoms with E-state index >= 15 is 0 Å². The van der Waals surface area contributed by atoms with Crippen LogP contribution in [0.4, 0.5) is 0 Å². The maximum Gasteiger partial charge on any atom is 0.380 e. The molecule has 24 heavy (non-hydrogen) atoms. The van der Waals surface area contributed by atoms with E-state index in [0.29, 0.717) is 22.8 Å². The number of ether oxygens (including phenoxy) is 2. The Labute approximate surface area is 144 Å². The molecule has 0 saturated heterocycles. The van der Waals surface area contributed by atoms with Crippen LogP contribution in [0.1, 0.15) is 56.8 Å². The van der Waals surface area contributed by atoms with Gasteiger partial charge in [0.2, 0.25) is 0 Å². The second-order valence-corrected chi connectivity index (χ2v) is 7.17. The number of methoxy groups -OCH3 is 2. The zero-order valence-corrected chi connectivity index (χ0v) is 15.2. The Morgan fingerprint density at radius 3 is 2.04 bits per heavy atom. The maximum atomic E-state index is 12.3. The highest BCUT2D eigenvalue weighted by Gasteiger charge is 2.32. The Morgan fingerprint density at radius 1 is 1.04 bits per heavy atom. The number of carbonyl (C=O) groups is 1. The van der Waals surface area contributed by atoms with Gasteiger partial charge in [0.25, 0.3) is 0 Å². The van der Waals surface area contributed by atoms with E-state index in [0.717, 1.165) is 31.8 Å². The summed E-state index contributed by atoms with van der Waals surface area (Å²) < 4.78 is 10.4. The molecule has 0 bridgehead atoms. The van der Waals surface area contributed by atoms with Gasteiger partial charge in [0, 0.05) is 0 Å². The van der Waals surface area contributed by atoms with Crippen LogP contribution in [0.25, 0.3) is 0 Å². The monoisotopic (exact) mass is 335 g/mol. The minimum atomic E-state index is -0.616. The average molecular weight is 335 g/mol. The van der Waals surface area contributed by atoms with Crippen molar-refractivity contribution in [3.8, 4) is 11.5 Å². The summed E-state index contributed by atoms with van der Waals surface area (Å²) in [6.07, 6.45) is 4.55. The number of hydrogen-bond acceptors (Lipinski definition) is 5. The van der Waals surface area contributed by atoms with E-state index < -0.39 is 5.97 Å². The molecular weight excluding hydrogens is 308 g/mol. The van der Waals surface area contributed by atoms with Crippen molar-refractivity contribution in [1.82, 2.24) is 0 Å². The third kappa shape index (κ3) is 4.41. The molecule has 1 aromatic rings. The summed E-state index contributed by atoms with van der Waals surface area (Å²) in [5, 5.41) is 0. The summed E-state index contributed by atoms with van der Waals surface area (Å²) in [7, 11) is 2.99. The van der Waals surface area contributed by atoms with E-state index in [1.807, 2.05) is 0 Å². The van der Waals surface area contributed by atoms with Crippen LogP contribution in [0.2, 0.25) is 0 Å². The maximum absolute atomic E-state index is 12.3. The Morgan fingerprint density at radius 2 is 1.58 bits per heavy atom. The van der Waals surface area contributed by atoms with Crippen molar-refractivity contribution in [3.05, 3.63) is 29.9 Å². The number of benzene rings is 1. The SMILES string of the molecule is COc1cccc(OC)c1C(=O)OO[C]1CCC(C(C)(C)C)CC1. The fourth-order valence-electron chi connectivity index (χ4n) is 3.08. The van der Waals surface area contributed by atoms with Crippen molar-refractivity contribution in [2.24, 2.45) is 11.3 Å². The molecule has 1 fully saturated rings. The number of rotatable bonds is 5. The molecule has 1 saturated carbocycles. The molecule has 1 aliphatic carbocycles. The number of hydrogen-bond donors (Lipinski definition) is 0. The van der Waals surface area contributed by atoms with Gasteiger partial charge >= 0.3 is 5.97 Å². The van der Waals surface area contributed by atoms with E-state index in [1.54, 1.807) is 18.2 Å². The molecule has 2 rings (SSSR count). The van der Waals surface area contributed by atoms with E-state index in [-0.39, 0.29) is 5.56 Å². The predicted molar refractivity (Wildman–Crippen MR) is 90.7 cm³/mol. The third-order valence-electron chi connectivity index (χ3n) is 4.64. The lowest BCUT2D eigenvalue weighted by molar-refractivity contribution is -0.241. The van der Waals surface area contributed by atoms with E-state index in [4.69, 9.17) is 19.2 Å². The van der Waals surface area contributed by atoms with Gasteiger partial charge in [-0.15, -0.1) is 0 Å². The van der Waals surface area contributed by atoms with Gasteiger partial charge in [0.15, 0.2) is 0 Å². The van der Waals surface area contributed by atoms with Crippen LogP contribution >= 0.6 is 0 Å². The quantitative estimate of drug-likeness (QED) is 0.583. The van der Waals surface area contributed by atoms with Crippen LogP contribution in [0, 0.1) is 17.4 Å². The van der Waals surface area contributed by atoms with Crippen LogP contribution < -0.4 is 9.47 Å². The summed E-state index contributed by atoms with van der Waals surface area (Å²) in [6.45, 7) is 6.78. The third-order valence-corrected chi connectivity index (χ3v) is 4.64. The lowest BCUT2D eigenvalue weighted by Gasteiger charge is -2.35. The zero-order valence-electron chi connectivity index (χ0n) is 15.2. The highest BCUT2D eigenvalue weighted by molar-refractivity contribution is 5.95. The fraction of sp³-hybridized carbons (Fsp3) is 0.579. The van der Waals surface area contributed by atoms with Crippen LogP contribution in [0.5, 0.6) is 11.5 Å². The molecule has 1 radical (unpaired) electrons. The topological polar surface area (TPSA) is 54.0 Å². The molecular formula is C19H27O5. The Balaban J connectivity index is 1.93. The summed E-state index contributed by atoms with van der Waals surface area (Å²) in [5.74, 6) is 0.832. The molecule has 1 aromatic carbocycles. The molecule has 133 valence electrons. The lowest BCUT2D eigenvalue weighted by atomic mass is 9.72.